The zero-order chi connectivity index (χ0) is 22.0. The highest BCUT2D eigenvalue weighted by Crippen LogP contribution is 2.40. The van der Waals surface area contributed by atoms with Gasteiger partial charge in [-0.2, -0.15) is 0 Å². The quantitative estimate of drug-likeness (QED) is 0.387. The molecule has 33 heavy (non-hydrogen) atoms. The summed E-state index contributed by atoms with van der Waals surface area (Å²) in [5, 5.41) is 5.02. The van der Waals surface area contributed by atoms with Crippen molar-refractivity contribution in [2.75, 3.05) is 0 Å². The molecule has 4 aromatic rings. The SMILES string of the molecule is C1=CCC=c2c(-c3c(-c4ccccn4)ccc4ccccc34)c(C3CC=CC=N3)ccc2=C1. The van der Waals surface area contributed by atoms with Gasteiger partial charge >= 0.3 is 0 Å². The number of benzene rings is 3. The van der Waals surface area contributed by atoms with Crippen molar-refractivity contribution in [1.29, 1.82) is 0 Å². The van der Waals surface area contributed by atoms with Crippen molar-refractivity contribution in [3.8, 4) is 22.4 Å². The van der Waals surface area contributed by atoms with Crippen molar-refractivity contribution in [2.45, 2.75) is 18.9 Å². The van der Waals surface area contributed by atoms with Crippen LogP contribution >= 0.6 is 0 Å². The summed E-state index contributed by atoms with van der Waals surface area (Å²) in [6.45, 7) is 0. The molecule has 2 heteroatoms. The van der Waals surface area contributed by atoms with Crippen LogP contribution in [0, 0.1) is 0 Å². The lowest BCUT2D eigenvalue weighted by atomic mass is 9.84. The number of hydrogen-bond acceptors (Lipinski definition) is 2. The predicted molar refractivity (Wildman–Crippen MR) is 140 cm³/mol. The number of dihydropyridines is 1. The minimum atomic E-state index is 0.107. The third-order valence-corrected chi connectivity index (χ3v) is 6.51. The zero-order valence-corrected chi connectivity index (χ0v) is 18.4. The van der Waals surface area contributed by atoms with Crippen molar-refractivity contribution in [3.63, 3.8) is 0 Å². The van der Waals surface area contributed by atoms with Crippen molar-refractivity contribution in [1.82, 2.24) is 4.98 Å². The van der Waals surface area contributed by atoms with Gasteiger partial charge in [0.2, 0.25) is 0 Å². The molecule has 3 aromatic carbocycles. The third kappa shape index (κ3) is 3.54. The second kappa shape index (κ2) is 8.48. The van der Waals surface area contributed by atoms with Crippen LogP contribution in [0.5, 0.6) is 0 Å². The van der Waals surface area contributed by atoms with Crippen molar-refractivity contribution in [3.05, 3.63) is 113 Å². The van der Waals surface area contributed by atoms with E-state index in [2.05, 4.69) is 91.0 Å². The number of nitrogens with zero attached hydrogens (tertiary/aromatic N) is 2. The Labute approximate surface area is 193 Å². The molecule has 0 saturated heterocycles. The molecule has 2 nitrogen and oxygen atoms in total. The first-order chi connectivity index (χ1) is 16.4. The van der Waals surface area contributed by atoms with E-state index in [1.54, 1.807) is 0 Å². The topological polar surface area (TPSA) is 25.2 Å². The van der Waals surface area contributed by atoms with Gasteiger partial charge in [0.05, 0.1) is 11.7 Å². The standard InChI is InChI=1S/C31H24N2/c1-2-10-22-16-18-26(28-14-6-8-20-32-28)30(24(22)12-3-1)31-25-13-5-4-11-23(25)17-19-27(31)29-15-7-9-21-33-29/h1-2,4-13,15-21,28H,3,14H2. The highest BCUT2D eigenvalue weighted by atomic mass is 14.8. The fraction of sp³-hybridized carbons (Fsp3) is 0.0968. The first-order valence-corrected chi connectivity index (χ1v) is 11.5. The number of rotatable bonds is 3. The van der Waals surface area contributed by atoms with Gasteiger partial charge in [-0.1, -0.05) is 85.0 Å². The summed E-state index contributed by atoms with van der Waals surface area (Å²) in [6, 6.07) is 23.9. The Morgan fingerprint density at radius 1 is 0.788 bits per heavy atom. The maximum absolute atomic E-state index is 4.87. The van der Waals surface area contributed by atoms with E-state index < -0.39 is 0 Å². The Kier molecular flexibility index (Phi) is 5.04. The molecule has 0 bridgehead atoms. The Balaban J connectivity index is 1.78. The lowest BCUT2D eigenvalue weighted by molar-refractivity contribution is 0.742. The summed E-state index contributed by atoms with van der Waals surface area (Å²) in [5.74, 6) is 0. The van der Waals surface area contributed by atoms with E-state index in [1.807, 2.05) is 24.6 Å². The predicted octanol–water partition coefficient (Wildman–Crippen LogP) is 6.16. The van der Waals surface area contributed by atoms with E-state index in [0.717, 1.165) is 24.1 Å². The number of fused-ring (bicyclic) bond motifs is 2. The molecule has 2 heterocycles. The second-order valence-electron chi connectivity index (χ2n) is 8.47. The van der Waals surface area contributed by atoms with E-state index in [0.29, 0.717) is 0 Å². The lowest BCUT2D eigenvalue weighted by Crippen LogP contribution is -2.28. The summed E-state index contributed by atoms with van der Waals surface area (Å²) in [5.41, 5.74) is 5.95. The van der Waals surface area contributed by atoms with Gasteiger partial charge in [0.1, 0.15) is 0 Å². The van der Waals surface area contributed by atoms with Crippen LogP contribution in [-0.2, 0) is 0 Å². The number of pyridine rings is 1. The summed E-state index contributed by atoms with van der Waals surface area (Å²) in [6.07, 6.45) is 18.9. The van der Waals surface area contributed by atoms with Crippen LogP contribution in [0.3, 0.4) is 0 Å². The normalized spacial score (nSPS) is 16.7. The molecule has 1 aromatic heterocycles. The van der Waals surface area contributed by atoms with Crippen LogP contribution in [0.25, 0.3) is 45.3 Å². The Morgan fingerprint density at radius 2 is 1.73 bits per heavy atom. The van der Waals surface area contributed by atoms with Gasteiger partial charge in [0.25, 0.3) is 0 Å². The fourth-order valence-corrected chi connectivity index (χ4v) is 4.98. The molecular formula is C31H24N2. The summed E-state index contributed by atoms with van der Waals surface area (Å²) in [7, 11) is 0. The van der Waals surface area contributed by atoms with Crippen molar-refractivity contribution in [2.24, 2.45) is 4.99 Å². The van der Waals surface area contributed by atoms with Crippen molar-refractivity contribution >= 4 is 29.1 Å². The van der Waals surface area contributed by atoms with E-state index >= 15 is 0 Å². The van der Waals surface area contributed by atoms with Gasteiger partial charge in [-0.25, -0.2) is 0 Å². The molecule has 0 spiro atoms. The first-order valence-electron chi connectivity index (χ1n) is 11.5. The monoisotopic (exact) mass is 424 g/mol. The third-order valence-electron chi connectivity index (χ3n) is 6.51. The molecular weight excluding hydrogens is 400 g/mol. The summed E-state index contributed by atoms with van der Waals surface area (Å²) >= 11 is 0. The molecule has 0 amide bonds. The van der Waals surface area contributed by atoms with Gasteiger partial charge < -0.3 is 0 Å². The van der Waals surface area contributed by atoms with Gasteiger partial charge in [0.15, 0.2) is 0 Å². The van der Waals surface area contributed by atoms with Crippen LogP contribution in [0.15, 0.2) is 102 Å². The van der Waals surface area contributed by atoms with E-state index in [4.69, 9.17) is 9.98 Å². The molecule has 2 aliphatic rings. The maximum Gasteiger partial charge on any atom is 0.0789 e. The molecule has 1 aliphatic heterocycles. The molecule has 0 saturated carbocycles. The van der Waals surface area contributed by atoms with E-state index in [9.17, 15) is 0 Å². The van der Waals surface area contributed by atoms with Crippen LogP contribution in [0.4, 0.5) is 0 Å². The van der Waals surface area contributed by atoms with Gasteiger partial charge in [-0.05, 0) is 69.0 Å². The zero-order valence-electron chi connectivity index (χ0n) is 18.4. The minimum Gasteiger partial charge on any atom is -0.285 e. The highest BCUT2D eigenvalue weighted by Gasteiger charge is 2.21. The number of aliphatic imine (C=N–C) groups is 1. The van der Waals surface area contributed by atoms with Gasteiger partial charge in [0, 0.05) is 18.0 Å². The smallest absolute Gasteiger partial charge is 0.0789 e. The van der Waals surface area contributed by atoms with Crippen LogP contribution in [0.2, 0.25) is 0 Å². The summed E-state index contributed by atoms with van der Waals surface area (Å²) in [4.78, 5) is 9.62. The molecule has 0 N–H and O–H groups in total. The van der Waals surface area contributed by atoms with Crippen LogP contribution < -0.4 is 10.4 Å². The van der Waals surface area contributed by atoms with Crippen LogP contribution in [-0.4, -0.2) is 11.2 Å². The number of hydrogen-bond donors (Lipinski definition) is 0. The summed E-state index contributed by atoms with van der Waals surface area (Å²) < 4.78 is 0. The Hall–Kier alpha value is -4.04. The molecule has 0 fully saturated rings. The van der Waals surface area contributed by atoms with Gasteiger partial charge in [-0.15, -0.1) is 0 Å². The number of aromatic nitrogens is 1. The average molecular weight is 425 g/mol. The average Bonchev–Trinajstić information content (AvgIpc) is 3.14. The molecule has 0 radical (unpaired) electrons. The molecule has 1 atom stereocenters. The fourth-order valence-electron chi connectivity index (χ4n) is 4.98. The Morgan fingerprint density at radius 3 is 2.61 bits per heavy atom. The lowest BCUT2D eigenvalue weighted by Gasteiger charge is -2.22. The van der Waals surface area contributed by atoms with Crippen molar-refractivity contribution < 1.29 is 0 Å². The second-order valence-corrected chi connectivity index (χ2v) is 8.47. The Bertz CT molecular complexity index is 1560. The largest absolute Gasteiger partial charge is 0.285 e. The van der Waals surface area contributed by atoms with E-state index in [-0.39, 0.29) is 6.04 Å². The molecule has 1 unspecified atom stereocenters. The number of allylic oxidation sites excluding steroid dienone is 3. The minimum absolute atomic E-state index is 0.107. The molecule has 1 aliphatic carbocycles. The van der Waals surface area contributed by atoms with E-state index in [1.165, 1.54) is 37.9 Å². The van der Waals surface area contributed by atoms with Gasteiger partial charge in [-0.3, -0.25) is 9.98 Å². The highest BCUT2D eigenvalue weighted by molar-refractivity contribution is 6.04. The molecule has 158 valence electrons. The molecule has 6 rings (SSSR count). The first kappa shape index (κ1) is 19.6. The maximum atomic E-state index is 4.87. The van der Waals surface area contributed by atoms with Crippen LogP contribution in [0.1, 0.15) is 24.4 Å².